The number of esters is 1. The smallest absolute Gasteiger partial charge is 0.306 e. The van der Waals surface area contributed by atoms with E-state index in [9.17, 15) is 4.79 Å². The normalized spacial score (nSPS) is 43.0. The first-order valence-corrected chi connectivity index (χ1v) is 7.26. The maximum Gasteiger partial charge on any atom is 0.306 e. The Labute approximate surface area is 111 Å². The van der Waals surface area contributed by atoms with E-state index in [1.54, 1.807) is 0 Å². The van der Waals surface area contributed by atoms with E-state index in [-0.39, 0.29) is 11.4 Å². The summed E-state index contributed by atoms with van der Waals surface area (Å²) >= 11 is 0. The van der Waals surface area contributed by atoms with Crippen molar-refractivity contribution in [3.8, 4) is 0 Å². The molecule has 0 spiro atoms. The molecule has 0 aromatic heterocycles. The zero-order valence-corrected chi connectivity index (χ0v) is 12.2. The average Bonchev–Trinajstić information content (AvgIpc) is 2.32. The Bertz CT molecular complexity index is 360. The molecule has 2 aliphatic rings. The van der Waals surface area contributed by atoms with Gasteiger partial charge in [-0.2, -0.15) is 0 Å². The van der Waals surface area contributed by atoms with Gasteiger partial charge in [0.05, 0.1) is 13.0 Å². The number of carbonyl (C=O) groups is 1. The van der Waals surface area contributed by atoms with Gasteiger partial charge in [-0.1, -0.05) is 32.9 Å². The summed E-state index contributed by atoms with van der Waals surface area (Å²) in [4.78, 5) is 11.8. The van der Waals surface area contributed by atoms with Crippen LogP contribution < -0.4 is 0 Å². The van der Waals surface area contributed by atoms with E-state index in [2.05, 4.69) is 27.4 Å². The van der Waals surface area contributed by atoms with Crippen molar-refractivity contribution in [3.63, 3.8) is 0 Å². The molecule has 102 valence electrons. The molecule has 0 saturated heterocycles. The van der Waals surface area contributed by atoms with Crippen LogP contribution in [0.3, 0.4) is 0 Å². The van der Waals surface area contributed by atoms with Crippen molar-refractivity contribution in [1.29, 1.82) is 0 Å². The third kappa shape index (κ3) is 1.90. The van der Waals surface area contributed by atoms with Crippen molar-refractivity contribution in [3.05, 3.63) is 12.2 Å². The van der Waals surface area contributed by atoms with E-state index in [0.29, 0.717) is 36.7 Å². The fourth-order valence-electron chi connectivity index (χ4n) is 4.24. The largest absolute Gasteiger partial charge is 0.466 e. The van der Waals surface area contributed by atoms with Gasteiger partial charge < -0.3 is 4.74 Å². The fourth-order valence-corrected chi connectivity index (χ4v) is 4.24. The van der Waals surface area contributed by atoms with Crippen LogP contribution in [0.15, 0.2) is 12.2 Å². The van der Waals surface area contributed by atoms with E-state index < -0.39 is 0 Å². The second kappa shape index (κ2) is 4.71. The molecule has 0 aromatic rings. The molecule has 0 N–H and O–H groups in total. The van der Waals surface area contributed by atoms with Gasteiger partial charge in [0.1, 0.15) is 0 Å². The minimum atomic E-state index is -0.0328. The molecule has 2 fully saturated rings. The van der Waals surface area contributed by atoms with Crippen LogP contribution in [0.25, 0.3) is 0 Å². The lowest BCUT2D eigenvalue weighted by Gasteiger charge is -2.62. The number of allylic oxidation sites excluding steroid dienone is 1. The molecule has 0 amide bonds. The van der Waals surface area contributed by atoms with Gasteiger partial charge in [0.15, 0.2) is 0 Å². The molecule has 18 heavy (non-hydrogen) atoms. The molecule has 0 heterocycles. The number of fused-ring (bicyclic) bond motifs is 1. The van der Waals surface area contributed by atoms with E-state index in [1.165, 1.54) is 18.4 Å². The van der Waals surface area contributed by atoms with E-state index in [0.717, 1.165) is 0 Å². The molecule has 2 rings (SSSR count). The highest BCUT2D eigenvalue weighted by Gasteiger charge is 2.59. The summed E-state index contributed by atoms with van der Waals surface area (Å²) < 4.78 is 5.13. The van der Waals surface area contributed by atoms with E-state index in [4.69, 9.17) is 4.74 Å². The van der Waals surface area contributed by atoms with Gasteiger partial charge in [-0.25, -0.2) is 0 Å². The van der Waals surface area contributed by atoms with E-state index in [1.807, 2.05) is 6.92 Å². The Morgan fingerprint density at radius 3 is 2.72 bits per heavy atom. The Morgan fingerprint density at radius 1 is 1.44 bits per heavy atom. The maximum atomic E-state index is 11.8. The second-order valence-electron chi connectivity index (χ2n) is 6.46. The maximum absolute atomic E-state index is 11.8. The molecule has 2 aliphatic carbocycles. The van der Waals surface area contributed by atoms with Gasteiger partial charge in [-0.3, -0.25) is 4.79 Å². The van der Waals surface area contributed by atoms with Crippen LogP contribution in [0.4, 0.5) is 0 Å². The van der Waals surface area contributed by atoms with Crippen LogP contribution >= 0.6 is 0 Å². The summed E-state index contributed by atoms with van der Waals surface area (Å²) in [6.07, 6.45) is 3.04. The zero-order chi connectivity index (χ0) is 13.5. The fraction of sp³-hybridized carbons (Fsp3) is 0.812. The highest BCUT2D eigenvalue weighted by atomic mass is 16.5. The molecule has 0 radical (unpaired) electrons. The number of hydrogen-bond acceptors (Lipinski definition) is 2. The molecule has 2 nitrogen and oxygen atoms in total. The van der Waals surface area contributed by atoms with Crippen molar-refractivity contribution >= 4 is 5.97 Å². The molecule has 1 unspecified atom stereocenters. The molecule has 5 atom stereocenters. The number of ether oxygens (including phenoxy) is 1. The Balaban J connectivity index is 2.08. The molecular weight excluding hydrogens is 224 g/mol. The number of rotatable bonds is 3. The predicted octanol–water partition coefficient (Wildman–Crippen LogP) is 3.81. The number of carbonyl (C=O) groups excluding carboxylic acids is 1. The van der Waals surface area contributed by atoms with Crippen molar-refractivity contribution in [2.75, 3.05) is 6.61 Å². The predicted molar refractivity (Wildman–Crippen MR) is 73.0 cm³/mol. The minimum Gasteiger partial charge on any atom is -0.466 e. The Kier molecular flexibility index (Phi) is 3.57. The van der Waals surface area contributed by atoms with Crippen LogP contribution in [0.1, 0.15) is 47.0 Å². The van der Waals surface area contributed by atoms with Gasteiger partial charge >= 0.3 is 5.97 Å². The van der Waals surface area contributed by atoms with Crippen LogP contribution in [0.2, 0.25) is 0 Å². The van der Waals surface area contributed by atoms with Crippen LogP contribution in [-0.4, -0.2) is 12.6 Å². The standard InChI is InChI=1S/C16H26O2/c1-6-18-14(17)9-16(5)12(4)15-11(3)10(2)7-8-13(15)16/h10,12-13,15H,3,6-9H2,1-2,4-5H3/t10-,12-,13+,15?,16-/m1/s1. The minimum absolute atomic E-state index is 0.0328. The lowest BCUT2D eigenvalue weighted by molar-refractivity contribution is -0.161. The van der Waals surface area contributed by atoms with Crippen LogP contribution in [-0.2, 0) is 9.53 Å². The van der Waals surface area contributed by atoms with Crippen molar-refractivity contribution < 1.29 is 9.53 Å². The summed E-state index contributed by atoms with van der Waals surface area (Å²) in [6, 6.07) is 0. The monoisotopic (exact) mass is 250 g/mol. The van der Waals surface area contributed by atoms with E-state index >= 15 is 0 Å². The summed E-state index contributed by atoms with van der Waals surface area (Å²) in [5, 5.41) is 0. The van der Waals surface area contributed by atoms with Gasteiger partial charge in [-0.05, 0) is 48.9 Å². The lowest BCUT2D eigenvalue weighted by atomic mass is 9.41. The topological polar surface area (TPSA) is 26.3 Å². The third-order valence-corrected chi connectivity index (χ3v) is 5.66. The molecule has 2 heteroatoms. The first-order valence-electron chi connectivity index (χ1n) is 7.26. The molecule has 0 aromatic carbocycles. The van der Waals surface area contributed by atoms with Gasteiger partial charge in [-0.15, -0.1) is 0 Å². The Morgan fingerprint density at radius 2 is 2.11 bits per heavy atom. The summed E-state index contributed by atoms with van der Waals surface area (Å²) in [5.74, 6) is 2.45. The lowest BCUT2D eigenvalue weighted by Crippen LogP contribution is -2.57. The SMILES string of the molecule is C=C1C2[C@@H](C)[C@@](C)(CC(=O)OCC)[C@H]2CC[C@H]1C. The summed E-state index contributed by atoms with van der Waals surface area (Å²) in [6.45, 7) is 13.5. The second-order valence-corrected chi connectivity index (χ2v) is 6.46. The third-order valence-electron chi connectivity index (χ3n) is 5.66. The summed E-state index contributed by atoms with van der Waals surface area (Å²) in [7, 11) is 0. The van der Waals surface area contributed by atoms with Crippen LogP contribution in [0.5, 0.6) is 0 Å². The first kappa shape index (κ1) is 13.6. The van der Waals surface area contributed by atoms with Gasteiger partial charge in [0.2, 0.25) is 0 Å². The molecule has 0 bridgehead atoms. The first-order chi connectivity index (χ1) is 8.41. The highest BCUT2D eigenvalue weighted by molar-refractivity contribution is 5.70. The van der Waals surface area contributed by atoms with Crippen molar-refractivity contribution in [2.45, 2.75) is 47.0 Å². The zero-order valence-electron chi connectivity index (χ0n) is 12.2. The summed E-state index contributed by atoms with van der Waals surface area (Å²) in [5.41, 5.74) is 1.54. The molecule has 2 saturated carbocycles. The van der Waals surface area contributed by atoms with Crippen molar-refractivity contribution in [2.24, 2.45) is 29.1 Å². The molecular formula is C16H26O2. The molecule has 0 aliphatic heterocycles. The van der Waals surface area contributed by atoms with Gasteiger partial charge in [0.25, 0.3) is 0 Å². The quantitative estimate of drug-likeness (QED) is 0.562. The number of hydrogen-bond donors (Lipinski definition) is 0. The Hall–Kier alpha value is -0.790. The van der Waals surface area contributed by atoms with Gasteiger partial charge in [0, 0.05) is 0 Å². The average molecular weight is 250 g/mol. The van der Waals surface area contributed by atoms with Crippen LogP contribution in [0, 0.1) is 29.1 Å². The van der Waals surface area contributed by atoms with Crippen molar-refractivity contribution in [1.82, 2.24) is 0 Å². The highest BCUT2D eigenvalue weighted by Crippen LogP contribution is 2.65.